The number of aryl methyl sites for hydroxylation is 1. The van der Waals surface area contributed by atoms with Gasteiger partial charge in [0.25, 0.3) is 5.89 Å². The van der Waals surface area contributed by atoms with Crippen molar-refractivity contribution in [2.24, 2.45) is 0 Å². The van der Waals surface area contributed by atoms with E-state index in [9.17, 15) is 18.0 Å². The zero-order valence-electron chi connectivity index (χ0n) is 21.0. The molecule has 198 valence electrons. The third-order valence-corrected chi connectivity index (χ3v) is 6.23. The van der Waals surface area contributed by atoms with Crippen LogP contribution < -0.4 is 0 Å². The van der Waals surface area contributed by atoms with Crippen LogP contribution in [0.4, 0.5) is 13.2 Å². The summed E-state index contributed by atoms with van der Waals surface area (Å²) in [4.78, 5) is 17.1. The van der Waals surface area contributed by atoms with Crippen LogP contribution in [0.3, 0.4) is 0 Å². The third-order valence-electron chi connectivity index (χ3n) is 6.23. The van der Waals surface area contributed by atoms with Gasteiger partial charge in [-0.1, -0.05) is 59.8 Å². The van der Waals surface area contributed by atoms with Crippen LogP contribution in [0.15, 0.2) is 71.3 Å². The number of hydrogen-bond donors (Lipinski definition) is 1. The number of aromatic nitrogens is 2. The Morgan fingerprint density at radius 2 is 1.74 bits per heavy atom. The Morgan fingerprint density at radius 3 is 2.37 bits per heavy atom. The van der Waals surface area contributed by atoms with E-state index in [4.69, 9.17) is 14.4 Å². The van der Waals surface area contributed by atoms with Crippen LogP contribution in [-0.4, -0.2) is 53.4 Å². The lowest BCUT2D eigenvalue weighted by atomic mass is 9.94. The van der Waals surface area contributed by atoms with Crippen molar-refractivity contribution in [3.05, 3.63) is 83.4 Å². The SMILES string of the molecule is COCC(c1ccc(-c2noc(-c3ccc(-c4ccccc4C)c(C(F)(F)F)c3)n2)cc1)N(C)CC(=O)O. The second-order valence-corrected chi connectivity index (χ2v) is 8.90. The average molecular weight is 526 g/mol. The highest BCUT2D eigenvalue weighted by Gasteiger charge is 2.35. The molecule has 0 aliphatic heterocycles. The van der Waals surface area contributed by atoms with E-state index in [0.717, 1.165) is 17.2 Å². The highest BCUT2D eigenvalue weighted by atomic mass is 19.4. The lowest BCUT2D eigenvalue weighted by Gasteiger charge is -2.26. The van der Waals surface area contributed by atoms with Crippen LogP contribution in [0.2, 0.25) is 0 Å². The molecule has 0 fully saturated rings. The summed E-state index contributed by atoms with van der Waals surface area (Å²) in [5, 5.41) is 13.1. The predicted octanol–water partition coefficient (Wildman–Crippen LogP) is 6.10. The number of rotatable bonds is 9. The summed E-state index contributed by atoms with van der Waals surface area (Å²) < 4.78 is 52.6. The second-order valence-electron chi connectivity index (χ2n) is 8.90. The first-order chi connectivity index (χ1) is 18.1. The number of alkyl halides is 3. The van der Waals surface area contributed by atoms with Gasteiger partial charge in [-0.2, -0.15) is 18.2 Å². The van der Waals surface area contributed by atoms with E-state index in [1.807, 2.05) is 0 Å². The molecule has 1 atom stereocenters. The van der Waals surface area contributed by atoms with Gasteiger partial charge in [0.15, 0.2) is 0 Å². The molecule has 1 unspecified atom stereocenters. The Kier molecular flexibility index (Phi) is 7.94. The van der Waals surface area contributed by atoms with E-state index in [-0.39, 0.29) is 42.0 Å². The monoisotopic (exact) mass is 525 g/mol. The summed E-state index contributed by atoms with van der Waals surface area (Å²) in [5.41, 5.74) is 2.09. The van der Waals surface area contributed by atoms with E-state index in [1.54, 1.807) is 67.4 Å². The molecular formula is C28H26F3N3O4. The van der Waals surface area contributed by atoms with E-state index >= 15 is 0 Å². The van der Waals surface area contributed by atoms with Crippen molar-refractivity contribution in [3.8, 4) is 34.0 Å². The van der Waals surface area contributed by atoms with Gasteiger partial charge in [0.2, 0.25) is 5.82 Å². The minimum Gasteiger partial charge on any atom is -0.480 e. The van der Waals surface area contributed by atoms with Crippen LogP contribution in [0.25, 0.3) is 34.0 Å². The maximum atomic E-state index is 14.0. The highest BCUT2D eigenvalue weighted by molar-refractivity contribution is 5.74. The van der Waals surface area contributed by atoms with Gasteiger partial charge < -0.3 is 14.4 Å². The largest absolute Gasteiger partial charge is 0.480 e. The van der Waals surface area contributed by atoms with Gasteiger partial charge in [0, 0.05) is 18.2 Å². The molecule has 1 heterocycles. The maximum Gasteiger partial charge on any atom is 0.417 e. The van der Waals surface area contributed by atoms with Crippen molar-refractivity contribution in [1.29, 1.82) is 0 Å². The number of halogens is 3. The van der Waals surface area contributed by atoms with E-state index in [0.29, 0.717) is 11.1 Å². The first-order valence-corrected chi connectivity index (χ1v) is 11.7. The van der Waals surface area contributed by atoms with Crippen LogP contribution in [0.5, 0.6) is 0 Å². The molecule has 0 amide bonds. The Balaban J connectivity index is 1.63. The van der Waals surface area contributed by atoms with Gasteiger partial charge >= 0.3 is 12.1 Å². The van der Waals surface area contributed by atoms with E-state index < -0.39 is 17.7 Å². The predicted molar refractivity (Wildman–Crippen MR) is 135 cm³/mol. The standard InChI is InChI=1S/C28H26F3N3O4/c1-17-6-4-5-7-21(17)22-13-12-20(14-23(22)28(29,30)31)27-32-26(33-38-27)19-10-8-18(9-11-19)24(16-37-3)34(2)15-25(35)36/h4-14,24H,15-16H2,1-3H3,(H,35,36). The quantitative estimate of drug-likeness (QED) is 0.282. The van der Waals surface area contributed by atoms with Gasteiger partial charge in [-0.05, 0) is 48.4 Å². The molecule has 1 aromatic heterocycles. The van der Waals surface area contributed by atoms with Gasteiger partial charge in [-0.15, -0.1) is 0 Å². The molecule has 4 rings (SSSR count). The number of hydrogen-bond acceptors (Lipinski definition) is 6. The lowest BCUT2D eigenvalue weighted by molar-refractivity contribution is -0.139. The molecule has 0 saturated heterocycles. The topological polar surface area (TPSA) is 88.7 Å². The van der Waals surface area contributed by atoms with Crippen LogP contribution in [-0.2, 0) is 15.7 Å². The Labute approximate surface area is 217 Å². The zero-order chi connectivity index (χ0) is 27.4. The number of ether oxygens (including phenoxy) is 1. The number of carboxylic acids is 1. The minimum atomic E-state index is -4.58. The molecule has 7 nitrogen and oxygen atoms in total. The van der Waals surface area contributed by atoms with Gasteiger partial charge in [-0.25, -0.2) is 0 Å². The number of aliphatic carboxylic acids is 1. The smallest absolute Gasteiger partial charge is 0.417 e. The van der Waals surface area contributed by atoms with Crippen molar-refractivity contribution >= 4 is 5.97 Å². The first-order valence-electron chi connectivity index (χ1n) is 11.7. The van der Waals surface area contributed by atoms with Gasteiger partial charge in [0.05, 0.1) is 24.8 Å². The molecule has 0 radical (unpaired) electrons. The summed E-state index contributed by atoms with van der Waals surface area (Å²) in [6, 6.07) is 17.7. The van der Waals surface area contributed by atoms with Crippen molar-refractivity contribution in [2.75, 3.05) is 27.3 Å². The second kappa shape index (κ2) is 11.2. The summed E-state index contributed by atoms with van der Waals surface area (Å²) in [6.45, 7) is 1.89. The molecule has 3 aromatic carbocycles. The molecule has 10 heteroatoms. The number of likely N-dealkylation sites (N-methyl/N-ethyl adjacent to an activating group) is 1. The first kappa shape index (κ1) is 27.0. The fourth-order valence-electron chi connectivity index (χ4n) is 4.29. The molecular weight excluding hydrogens is 499 g/mol. The number of methoxy groups -OCH3 is 1. The van der Waals surface area contributed by atoms with Crippen molar-refractivity contribution in [2.45, 2.75) is 19.1 Å². The lowest BCUT2D eigenvalue weighted by Crippen LogP contribution is -2.32. The Hall–Kier alpha value is -4.02. The summed E-state index contributed by atoms with van der Waals surface area (Å²) >= 11 is 0. The Bertz CT molecular complexity index is 1420. The van der Waals surface area contributed by atoms with Crippen LogP contribution >= 0.6 is 0 Å². The molecule has 1 N–H and O–H groups in total. The molecule has 0 aliphatic carbocycles. The summed E-state index contributed by atoms with van der Waals surface area (Å²) in [6.07, 6.45) is -4.58. The molecule has 0 bridgehead atoms. The van der Waals surface area contributed by atoms with Crippen LogP contribution in [0.1, 0.15) is 22.7 Å². The third kappa shape index (κ3) is 5.92. The number of nitrogens with zero attached hydrogens (tertiary/aromatic N) is 3. The maximum absolute atomic E-state index is 14.0. The molecule has 0 aliphatic rings. The number of carbonyl (C=O) groups is 1. The zero-order valence-corrected chi connectivity index (χ0v) is 21.0. The van der Waals surface area contributed by atoms with Crippen molar-refractivity contribution in [1.82, 2.24) is 15.0 Å². The summed E-state index contributed by atoms with van der Waals surface area (Å²) in [5.74, 6) is -0.778. The molecule has 38 heavy (non-hydrogen) atoms. The Morgan fingerprint density at radius 1 is 1.05 bits per heavy atom. The van der Waals surface area contributed by atoms with E-state index in [1.165, 1.54) is 19.2 Å². The molecule has 0 saturated carbocycles. The van der Waals surface area contributed by atoms with Gasteiger partial charge in [0.1, 0.15) is 0 Å². The van der Waals surface area contributed by atoms with Crippen molar-refractivity contribution in [3.63, 3.8) is 0 Å². The molecule has 0 spiro atoms. The fourth-order valence-corrected chi connectivity index (χ4v) is 4.29. The van der Waals surface area contributed by atoms with Crippen LogP contribution in [0, 0.1) is 6.92 Å². The number of benzene rings is 3. The summed E-state index contributed by atoms with van der Waals surface area (Å²) in [7, 11) is 3.23. The van der Waals surface area contributed by atoms with Crippen molar-refractivity contribution < 1.29 is 32.3 Å². The fraction of sp³-hybridized carbons (Fsp3) is 0.250. The average Bonchev–Trinajstić information content (AvgIpc) is 3.37. The normalized spacial score (nSPS) is 12.6. The van der Waals surface area contributed by atoms with Gasteiger partial charge in [-0.3, -0.25) is 9.69 Å². The minimum absolute atomic E-state index is 0.0376. The number of carboxylic acid groups (broad SMARTS) is 1. The molecule has 4 aromatic rings. The highest BCUT2D eigenvalue weighted by Crippen LogP contribution is 2.40. The van der Waals surface area contributed by atoms with E-state index in [2.05, 4.69) is 10.1 Å².